The van der Waals surface area contributed by atoms with Gasteiger partial charge in [-0.3, -0.25) is 4.79 Å². The highest BCUT2D eigenvalue weighted by Gasteiger charge is 2.16. The molecule has 0 heterocycles. The third kappa shape index (κ3) is 12.9. The third-order valence-corrected chi connectivity index (χ3v) is 6.62. The molecule has 2 rings (SSSR count). The topological polar surface area (TPSA) is 67.5 Å². The molecule has 0 aliphatic carbocycles. The first-order valence-corrected chi connectivity index (χ1v) is 14.3. The summed E-state index contributed by atoms with van der Waals surface area (Å²) in [6.07, 6.45) is 5.05. The van der Waals surface area contributed by atoms with Gasteiger partial charge in [0.25, 0.3) is 0 Å². The molecule has 0 aliphatic heterocycles. The molecule has 4 nitrogen and oxygen atoms in total. The fourth-order valence-corrected chi connectivity index (χ4v) is 4.13. The van der Waals surface area contributed by atoms with E-state index in [-0.39, 0.29) is 5.91 Å². The van der Waals surface area contributed by atoms with E-state index in [4.69, 9.17) is 5.73 Å². The van der Waals surface area contributed by atoms with Gasteiger partial charge in [-0.25, -0.2) is 0 Å². The van der Waals surface area contributed by atoms with Crippen molar-refractivity contribution in [3.63, 3.8) is 0 Å². The van der Waals surface area contributed by atoms with E-state index in [0.29, 0.717) is 19.5 Å². The number of carbonyl (C=O) groups is 1. The number of rotatable bonds is 13. The fraction of sp³-hybridized carbons (Fsp3) is 0.429. The van der Waals surface area contributed by atoms with Crippen LogP contribution in [0.5, 0.6) is 0 Å². The number of benzene rings is 2. The second-order valence-corrected chi connectivity index (χ2v) is 9.37. The molecule has 0 radical (unpaired) electrons. The molecule has 0 spiro atoms. The van der Waals surface area contributed by atoms with Crippen LogP contribution in [0.4, 0.5) is 0 Å². The van der Waals surface area contributed by atoms with Crippen molar-refractivity contribution in [3.05, 3.63) is 100 Å². The van der Waals surface area contributed by atoms with Crippen LogP contribution in [0.1, 0.15) is 81.2 Å². The summed E-state index contributed by atoms with van der Waals surface area (Å²) in [6, 6.07) is 15.1. The molecular weight excluding hydrogens is 478 g/mol. The number of nitrogens with one attached hydrogen (secondary N) is 1. The van der Waals surface area contributed by atoms with Crippen molar-refractivity contribution in [1.29, 1.82) is 0 Å². The smallest absolute Gasteiger partial charge is 0.247 e. The lowest BCUT2D eigenvalue weighted by Gasteiger charge is -2.17. The van der Waals surface area contributed by atoms with Gasteiger partial charge in [0.15, 0.2) is 0 Å². The zero-order valence-corrected chi connectivity index (χ0v) is 25.8. The molecule has 0 aliphatic rings. The monoisotopic (exact) mass is 531 g/mol. The second-order valence-electron chi connectivity index (χ2n) is 9.37. The van der Waals surface area contributed by atoms with E-state index in [1.165, 1.54) is 27.8 Å². The van der Waals surface area contributed by atoms with Crippen LogP contribution in [0.3, 0.4) is 0 Å². The van der Waals surface area contributed by atoms with Crippen LogP contribution >= 0.6 is 0 Å². The number of aryl methyl sites for hydroxylation is 3. The van der Waals surface area contributed by atoms with Crippen LogP contribution in [0.15, 0.2) is 77.3 Å². The van der Waals surface area contributed by atoms with E-state index in [9.17, 15) is 4.79 Å². The van der Waals surface area contributed by atoms with Crippen LogP contribution in [0.2, 0.25) is 0 Å². The molecule has 0 saturated carbocycles. The summed E-state index contributed by atoms with van der Waals surface area (Å²) in [5.74, 6) is -0.00901. The minimum atomic E-state index is -0.00901. The number of amides is 1. The summed E-state index contributed by atoms with van der Waals surface area (Å²) >= 11 is 0. The predicted molar refractivity (Wildman–Crippen MR) is 174 cm³/mol. The third-order valence-electron chi connectivity index (χ3n) is 6.62. The van der Waals surface area contributed by atoms with Gasteiger partial charge in [-0.15, -0.1) is 0 Å². The maximum atomic E-state index is 13.0. The Balaban J connectivity index is 0.00000269. The van der Waals surface area contributed by atoms with E-state index < -0.39 is 0 Å². The van der Waals surface area contributed by atoms with Gasteiger partial charge in [0, 0.05) is 25.7 Å². The molecule has 0 atom stereocenters. The molecule has 2 aromatic rings. The molecule has 0 aromatic heterocycles. The van der Waals surface area contributed by atoms with Gasteiger partial charge in [-0.2, -0.15) is 0 Å². The lowest BCUT2D eigenvalue weighted by atomic mass is 9.91. The number of hydrogen-bond donors (Lipinski definition) is 2. The lowest BCUT2D eigenvalue weighted by molar-refractivity contribution is -0.117. The standard InChI is InChI=1S/C31H42N2O.C2H5N.C2H6/c1-7-26-13-15-27(16-14-26)18-19-33-31(34)29(8-2)30(25(6)21-32)11-9-10-23(4)28-17-12-22(3)24(5)20-28;1-3-2;1-2/h12-17,20H,4,6-11,18-19,21,32H2,1-3,5H3,(H,33,34);1H2,2H3;1-2H3/b30-29+;;. The molecule has 1 amide bonds. The Kier molecular flexibility index (Phi) is 19.0. The van der Waals surface area contributed by atoms with Crippen LogP contribution in [-0.4, -0.2) is 32.8 Å². The molecule has 214 valence electrons. The van der Waals surface area contributed by atoms with Gasteiger partial charge in [-0.1, -0.05) is 83.3 Å². The Labute approximate surface area is 239 Å². The van der Waals surface area contributed by atoms with E-state index >= 15 is 0 Å². The van der Waals surface area contributed by atoms with Crippen molar-refractivity contribution in [1.82, 2.24) is 5.32 Å². The number of carbonyl (C=O) groups excluding carboxylic acids is 1. The highest BCUT2D eigenvalue weighted by Crippen LogP contribution is 2.26. The Morgan fingerprint density at radius 2 is 1.51 bits per heavy atom. The minimum absolute atomic E-state index is 0.00901. The molecule has 2 aromatic carbocycles. The van der Waals surface area contributed by atoms with E-state index in [1.807, 2.05) is 20.8 Å². The number of nitrogens with two attached hydrogens (primary N) is 1. The molecule has 0 bridgehead atoms. The zero-order chi connectivity index (χ0) is 29.8. The SMILES string of the molecule is C=C(CN)/C(CCCC(=C)c1ccc(C)c(C)c1)=C(\CC)C(=O)NCCc1ccc(CC)cc1.C=NC.CC. The largest absolute Gasteiger partial charge is 0.352 e. The Morgan fingerprint density at radius 3 is 2.03 bits per heavy atom. The van der Waals surface area contributed by atoms with Crippen LogP contribution in [0.25, 0.3) is 5.57 Å². The lowest BCUT2D eigenvalue weighted by Crippen LogP contribution is -2.28. The Bertz CT molecular complexity index is 1080. The summed E-state index contributed by atoms with van der Waals surface area (Å²) in [5, 5.41) is 3.11. The normalized spacial score (nSPS) is 10.7. The van der Waals surface area contributed by atoms with Crippen LogP contribution < -0.4 is 11.1 Å². The highest BCUT2D eigenvalue weighted by atomic mass is 16.1. The van der Waals surface area contributed by atoms with Crippen molar-refractivity contribution in [2.45, 2.75) is 80.1 Å². The number of hydrogen-bond acceptors (Lipinski definition) is 3. The number of aliphatic imine (C=N–C) groups is 1. The van der Waals surface area contributed by atoms with Gasteiger partial charge < -0.3 is 16.0 Å². The van der Waals surface area contributed by atoms with Crippen molar-refractivity contribution in [3.8, 4) is 0 Å². The highest BCUT2D eigenvalue weighted by molar-refractivity contribution is 5.94. The molecule has 39 heavy (non-hydrogen) atoms. The first-order chi connectivity index (χ1) is 18.7. The van der Waals surface area contributed by atoms with Gasteiger partial charge in [-0.05, 0) is 104 Å². The van der Waals surface area contributed by atoms with Crippen molar-refractivity contribution < 1.29 is 4.79 Å². The van der Waals surface area contributed by atoms with Crippen LogP contribution in [-0.2, 0) is 17.6 Å². The van der Waals surface area contributed by atoms with E-state index in [1.54, 1.807) is 7.05 Å². The summed E-state index contributed by atoms with van der Waals surface area (Å²) in [5.41, 5.74) is 16.0. The first kappa shape index (κ1) is 35.8. The van der Waals surface area contributed by atoms with E-state index in [0.717, 1.165) is 54.4 Å². The quantitative estimate of drug-likeness (QED) is 0.156. The Hall–Kier alpha value is -3.24. The summed E-state index contributed by atoms with van der Waals surface area (Å²) in [7, 11) is 1.64. The molecule has 4 heteroatoms. The molecule has 0 saturated heterocycles. The average Bonchev–Trinajstić information content (AvgIpc) is 2.95. The molecule has 0 fully saturated rings. The Morgan fingerprint density at radius 1 is 0.923 bits per heavy atom. The number of allylic oxidation sites excluding steroid dienone is 1. The van der Waals surface area contributed by atoms with E-state index in [2.05, 4.69) is 93.4 Å². The summed E-state index contributed by atoms with van der Waals surface area (Å²) in [4.78, 5) is 16.3. The summed E-state index contributed by atoms with van der Waals surface area (Å²) < 4.78 is 0. The van der Waals surface area contributed by atoms with Gasteiger partial charge in [0.1, 0.15) is 0 Å². The fourth-order valence-electron chi connectivity index (χ4n) is 4.13. The van der Waals surface area contributed by atoms with Crippen molar-refractivity contribution >= 4 is 18.2 Å². The van der Waals surface area contributed by atoms with Crippen molar-refractivity contribution in [2.75, 3.05) is 20.1 Å². The van der Waals surface area contributed by atoms with Crippen molar-refractivity contribution in [2.24, 2.45) is 10.7 Å². The predicted octanol–water partition coefficient (Wildman–Crippen LogP) is 7.97. The molecule has 3 N–H and O–H groups in total. The van der Waals surface area contributed by atoms with Gasteiger partial charge in [0.2, 0.25) is 5.91 Å². The zero-order valence-electron chi connectivity index (χ0n) is 25.8. The maximum Gasteiger partial charge on any atom is 0.247 e. The van der Waals surface area contributed by atoms with Gasteiger partial charge in [0.05, 0.1) is 0 Å². The molecule has 0 unspecified atom stereocenters. The summed E-state index contributed by atoms with van der Waals surface area (Å²) in [6.45, 7) is 25.0. The maximum absolute atomic E-state index is 13.0. The molecular formula is C35H53N3O. The minimum Gasteiger partial charge on any atom is -0.352 e. The number of nitrogens with zero attached hydrogens (tertiary/aromatic N) is 1. The van der Waals surface area contributed by atoms with Crippen LogP contribution in [0, 0.1) is 13.8 Å². The average molecular weight is 532 g/mol. The second kappa shape index (κ2) is 20.7. The van der Waals surface area contributed by atoms with Gasteiger partial charge >= 0.3 is 0 Å². The first-order valence-electron chi connectivity index (χ1n) is 14.3.